The average Bonchev–Trinajstić information content (AvgIpc) is 2.20. The van der Waals surface area contributed by atoms with Gasteiger partial charge in [-0.05, 0) is 15.9 Å². The van der Waals surface area contributed by atoms with Crippen LogP contribution in [0.3, 0.4) is 0 Å². The summed E-state index contributed by atoms with van der Waals surface area (Å²) in [5.41, 5.74) is 5.54. The molecule has 0 saturated carbocycles. The minimum atomic E-state index is -0.747. The zero-order valence-electron chi connectivity index (χ0n) is 7.22. The van der Waals surface area contributed by atoms with E-state index in [1.54, 1.807) is 0 Å². The predicted octanol–water partition coefficient (Wildman–Crippen LogP) is 0.267. The maximum atomic E-state index is 9.12. The highest BCUT2D eigenvalue weighted by Gasteiger charge is 2.09. The lowest BCUT2D eigenvalue weighted by atomic mass is 10.4. The summed E-state index contributed by atoms with van der Waals surface area (Å²) in [6.07, 6.45) is 0.608. The first kappa shape index (κ1) is 11.7. The molecule has 0 spiro atoms. The molecule has 0 aliphatic carbocycles. The zero-order chi connectivity index (χ0) is 10.6. The van der Waals surface area contributed by atoms with Crippen molar-refractivity contribution in [3.05, 3.63) is 10.8 Å². The smallest absolute Gasteiger partial charge is 0.142 e. The number of nitrogens with zero attached hydrogens (tertiary/aromatic N) is 2. The van der Waals surface area contributed by atoms with Crippen LogP contribution in [0.2, 0.25) is 0 Å². The van der Waals surface area contributed by atoms with E-state index in [4.69, 9.17) is 15.9 Å². The predicted molar refractivity (Wildman–Crippen MR) is 58.0 cm³/mol. The number of hydrogen-bond acceptors (Lipinski definition) is 6. The van der Waals surface area contributed by atoms with Gasteiger partial charge < -0.3 is 15.9 Å². The molecule has 1 unspecified atom stereocenters. The van der Waals surface area contributed by atoms with E-state index in [9.17, 15) is 0 Å². The van der Waals surface area contributed by atoms with Crippen LogP contribution < -0.4 is 5.73 Å². The standard InChI is InChI=1S/C7H10BrN3O2S/c8-5-6(9)10-3-11-7(5)14-2-4(13)1-12/h3-4,12-13H,1-2H2,(H2,9,10,11). The van der Waals surface area contributed by atoms with Gasteiger partial charge in [-0.1, -0.05) is 0 Å². The topological polar surface area (TPSA) is 92.3 Å². The fourth-order valence-electron chi connectivity index (χ4n) is 0.695. The number of rotatable bonds is 4. The molecule has 0 aromatic carbocycles. The van der Waals surface area contributed by atoms with E-state index in [1.165, 1.54) is 18.1 Å². The van der Waals surface area contributed by atoms with E-state index in [1.807, 2.05) is 0 Å². The highest BCUT2D eigenvalue weighted by atomic mass is 79.9. The summed E-state index contributed by atoms with van der Waals surface area (Å²) in [6.45, 7) is -0.259. The Balaban J connectivity index is 2.63. The van der Waals surface area contributed by atoms with Crippen LogP contribution >= 0.6 is 27.7 Å². The molecule has 0 amide bonds. The number of aliphatic hydroxyl groups excluding tert-OH is 2. The Morgan fingerprint density at radius 2 is 2.29 bits per heavy atom. The number of anilines is 1. The molecule has 1 aromatic rings. The van der Waals surface area contributed by atoms with Crippen molar-refractivity contribution in [3.63, 3.8) is 0 Å². The molecule has 14 heavy (non-hydrogen) atoms. The number of hydrogen-bond donors (Lipinski definition) is 3. The summed E-state index contributed by atoms with van der Waals surface area (Å²) in [5.74, 6) is 0.729. The maximum Gasteiger partial charge on any atom is 0.142 e. The Morgan fingerprint density at radius 3 is 2.93 bits per heavy atom. The van der Waals surface area contributed by atoms with Crippen LogP contribution in [0.4, 0.5) is 5.82 Å². The quantitative estimate of drug-likeness (QED) is 0.541. The van der Waals surface area contributed by atoms with E-state index >= 15 is 0 Å². The number of aromatic nitrogens is 2. The van der Waals surface area contributed by atoms with Crippen LogP contribution in [0.5, 0.6) is 0 Å². The van der Waals surface area contributed by atoms with Gasteiger partial charge in [-0.25, -0.2) is 9.97 Å². The van der Waals surface area contributed by atoms with E-state index in [0.29, 0.717) is 21.1 Å². The van der Waals surface area contributed by atoms with Gasteiger partial charge in [0.2, 0.25) is 0 Å². The van der Waals surface area contributed by atoms with E-state index in [0.717, 1.165) is 0 Å². The summed E-state index contributed by atoms with van der Waals surface area (Å²) >= 11 is 4.54. The van der Waals surface area contributed by atoms with Crippen LogP contribution in [0, 0.1) is 0 Å². The Kier molecular flexibility index (Phi) is 4.59. The van der Waals surface area contributed by atoms with Gasteiger partial charge in [-0.15, -0.1) is 11.8 Å². The summed E-state index contributed by atoms with van der Waals surface area (Å²) in [7, 11) is 0. The van der Waals surface area contributed by atoms with Crippen molar-refractivity contribution >= 4 is 33.5 Å². The SMILES string of the molecule is Nc1ncnc(SCC(O)CO)c1Br. The second-order valence-corrected chi connectivity index (χ2v) is 4.33. The monoisotopic (exact) mass is 279 g/mol. The fraction of sp³-hybridized carbons (Fsp3) is 0.429. The average molecular weight is 280 g/mol. The number of aliphatic hydroxyl groups is 2. The minimum Gasteiger partial charge on any atom is -0.394 e. The fourth-order valence-corrected chi connectivity index (χ4v) is 2.05. The van der Waals surface area contributed by atoms with Crippen LogP contribution in [-0.2, 0) is 0 Å². The lowest BCUT2D eigenvalue weighted by Gasteiger charge is -2.07. The number of thioether (sulfide) groups is 1. The number of nitrogens with two attached hydrogens (primary N) is 1. The first-order valence-corrected chi connectivity index (χ1v) is 5.60. The second kappa shape index (κ2) is 5.50. The van der Waals surface area contributed by atoms with Crippen molar-refractivity contribution in [1.82, 2.24) is 9.97 Å². The largest absolute Gasteiger partial charge is 0.394 e. The highest BCUT2D eigenvalue weighted by molar-refractivity contribution is 9.10. The summed E-state index contributed by atoms with van der Waals surface area (Å²) in [5, 5.41) is 18.4. The summed E-state index contributed by atoms with van der Waals surface area (Å²) in [4.78, 5) is 7.76. The Labute approximate surface area is 93.9 Å². The van der Waals surface area contributed by atoms with Gasteiger partial charge in [0.05, 0.1) is 17.2 Å². The first-order chi connectivity index (χ1) is 6.65. The second-order valence-electron chi connectivity index (χ2n) is 2.53. The molecule has 0 aliphatic rings. The summed E-state index contributed by atoms with van der Waals surface area (Å²) in [6, 6.07) is 0. The molecule has 0 radical (unpaired) electrons. The van der Waals surface area contributed by atoms with Crippen molar-refractivity contribution < 1.29 is 10.2 Å². The molecule has 5 nitrogen and oxygen atoms in total. The van der Waals surface area contributed by atoms with E-state index in [2.05, 4.69) is 25.9 Å². The van der Waals surface area contributed by atoms with Crippen molar-refractivity contribution in [3.8, 4) is 0 Å². The van der Waals surface area contributed by atoms with Gasteiger partial charge in [-0.2, -0.15) is 0 Å². The van der Waals surface area contributed by atoms with Crippen LogP contribution in [-0.4, -0.2) is 38.6 Å². The normalized spacial score (nSPS) is 12.8. The van der Waals surface area contributed by atoms with Gasteiger partial charge >= 0.3 is 0 Å². The molecule has 4 N–H and O–H groups in total. The lowest BCUT2D eigenvalue weighted by Crippen LogP contribution is -2.14. The van der Waals surface area contributed by atoms with Crippen LogP contribution in [0.25, 0.3) is 0 Å². The molecular formula is C7H10BrN3O2S. The van der Waals surface area contributed by atoms with E-state index < -0.39 is 6.10 Å². The molecule has 1 atom stereocenters. The molecule has 0 fully saturated rings. The van der Waals surface area contributed by atoms with Gasteiger partial charge in [0.1, 0.15) is 17.2 Å². The van der Waals surface area contributed by atoms with Crippen LogP contribution in [0.1, 0.15) is 0 Å². The van der Waals surface area contributed by atoms with Gasteiger partial charge in [0, 0.05) is 5.75 Å². The number of nitrogen functional groups attached to an aromatic ring is 1. The van der Waals surface area contributed by atoms with Gasteiger partial charge in [-0.3, -0.25) is 0 Å². The van der Waals surface area contributed by atoms with Crippen molar-refractivity contribution in [1.29, 1.82) is 0 Å². The third kappa shape index (κ3) is 3.09. The molecule has 1 heterocycles. The third-order valence-electron chi connectivity index (χ3n) is 1.41. The lowest BCUT2D eigenvalue weighted by molar-refractivity contribution is 0.113. The molecule has 7 heteroatoms. The molecule has 0 saturated heterocycles. The van der Waals surface area contributed by atoms with Crippen molar-refractivity contribution in [2.24, 2.45) is 0 Å². The van der Waals surface area contributed by atoms with E-state index in [-0.39, 0.29) is 6.61 Å². The molecule has 78 valence electrons. The Hall–Kier alpha value is -0.370. The van der Waals surface area contributed by atoms with Gasteiger partial charge in [0.15, 0.2) is 0 Å². The summed E-state index contributed by atoms with van der Waals surface area (Å²) < 4.78 is 0.620. The molecule has 1 rings (SSSR count). The van der Waals surface area contributed by atoms with Crippen molar-refractivity contribution in [2.45, 2.75) is 11.1 Å². The minimum absolute atomic E-state index is 0.259. The Bertz CT molecular complexity index is 313. The maximum absolute atomic E-state index is 9.12. The number of halogens is 1. The molecule has 1 aromatic heterocycles. The Morgan fingerprint density at radius 1 is 1.57 bits per heavy atom. The third-order valence-corrected chi connectivity index (χ3v) is 3.59. The highest BCUT2D eigenvalue weighted by Crippen LogP contribution is 2.28. The molecule has 0 bridgehead atoms. The van der Waals surface area contributed by atoms with Crippen molar-refractivity contribution in [2.75, 3.05) is 18.1 Å². The molecular weight excluding hydrogens is 270 g/mol. The molecule has 0 aliphatic heterocycles. The first-order valence-electron chi connectivity index (χ1n) is 3.82. The van der Waals surface area contributed by atoms with Crippen LogP contribution in [0.15, 0.2) is 15.8 Å². The van der Waals surface area contributed by atoms with Gasteiger partial charge in [0.25, 0.3) is 0 Å². The zero-order valence-corrected chi connectivity index (χ0v) is 9.62.